The van der Waals surface area contributed by atoms with Crippen molar-refractivity contribution in [3.8, 4) is 0 Å². The highest BCUT2D eigenvalue weighted by atomic mass is 32.2. The van der Waals surface area contributed by atoms with Crippen molar-refractivity contribution >= 4 is 23.6 Å². The van der Waals surface area contributed by atoms with E-state index in [9.17, 15) is 9.59 Å². The van der Waals surface area contributed by atoms with Gasteiger partial charge in [-0.2, -0.15) is 11.8 Å². The Morgan fingerprint density at radius 2 is 2.18 bits per heavy atom. The number of furan rings is 1. The molecule has 94 valence electrons. The lowest BCUT2D eigenvalue weighted by molar-refractivity contribution is -0.138. The maximum atomic E-state index is 11.8. The van der Waals surface area contributed by atoms with E-state index < -0.39 is 17.9 Å². The van der Waals surface area contributed by atoms with Gasteiger partial charge in [0.15, 0.2) is 0 Å². The summed E-state index contributed by atoms with van der Waals surface area (Å²) in [6, 6.07) is 0.718. The summed E-state index contributed by atoms with van der Waals surface area (Å²) in [5.74, 6) is 0.000730. The largest absolute Gasteiger partial charge is 0.480 e. The fraction of sp³-hybridized carbons (Fsp3) is 0.455. The second-order valence-electron chi connectivity index (χ2n) is 3.65. The third kappa shape index (κ3) is 3.52. The first-order valence-electron chi connectivity index (χ1n) is 5.05. The summed E-state index contributed by atoms with van der Waals surface area (Å²) in [6.45, 7) is 3.41. The van der Waals surface area contributed by atoms with E-state index in [1.807, 2.05) is 0 Å². The fourth-order valence-corrected chi connectivity index (χ4v) is 1.99. The third-order valence-corrected chi connectivity index (χ3v) is 2.89. The summed E-state index contributed by atoms with van der Waals surface area (Å²) in [6.07, 6.45) is 1.79. The number of rotatable bonds is 5. The second kappa shape index (κ2) is 5.77. The van der Waals surface area contributed by atoms with Crippen LogP contribution in [0.15, 0.2) is 10.5 Å². The lowest BCUT2D eigenvalue weighted by Gasteiger charge is -2.12. The molecule has 17 heavy (non-hydrogen) atoms. The number of nitrogens with one attached hydrogen (secondary N) is 1. The monoisotopic (exact) mass is 257 g/mol. The van der Waals surface area contributed by atoms with Crippen LogP contribution in [0.4, 0.5) is 0 Å². The molecule has 0 aliphatic heterocycles. The van der Waals surface area contributed by atoms with Crippen molar-refractivity contribution in [2.75, 3.05) is 12.0 Å². The van der Waals surface area contributed by atoms with E-state index in [1.165, 1.54) is 11.8 Å². The Morgan fingerprint density at radius 3 is 2.59 bits per heavy atom. The molecular formula is C11H15NO4S. The number of carbonyl (C=O) groups excluding carboxylic acids is 1. The fourth-order valence-electron chi connectivity index (χ4n) is 1.43. The van der Waals surface area contributed by atoms with Crippen LogP contribution in [-0.2, 0) is 4.79 Å². The van der Waals surface area contributed by atoms with Gasteiger partial charge in [-0.15, -0.1) is 0 Å². The number of amides is 1. The lowest BCUT2D eigenvalue weighted by Crippen LogP contribution is -2.42. The third-order valence-electron chi connectivity index (χ3n) is 2.22. The molecule has 0 unspecified atom stereocenters. The van der Waals surface area contributed by atoms with Crippen molar-refractivity contribution < 1.29 is 19.1 Å². The molecule has 1 rings (SSSR count). The summed E-state index contributed by atoms with van der Waals surface area (Å²) in [5.41, 5.74) is 0.384. The number of thioether (sulfide) groups is 1. The summed E-state index contributed by atoms with van der Waals surface area (Å²) in [7, 11) is 0. The topological polar surface area (TPSA) is 79.5 Å². The quantitative estimate of drug-likeness (QED) is 0.834. The van der Waals surface area contributed by atoms with Crippen molar-refractivity contribution in [3.63, 3.8) is 0 Å². The van der Waals surface area contributed by atoms with Gasteiger partial charge in [0.05, 0.1) is 5.56 Å². The average Bonchev–Trinajstić information content (AvgIpc) is 2.57. The summed E-state index contributed by atoms with van der Waals surface area (Å²) >= 11 is 1.37. The minimum absolute atomic E-state index is 0.330. The van der Waals surface area contributed by atoms with Crippen LogP contribution < -0.4 is 5.32 Å². The molecule has 1 heterocycles. The van der Waals surface area contributed by atoms with Crippen LogP contribution in [0, 0.1) is 13.8 Å². The summed E-state index contributed by atoms with van der Waals surface area (Å²) in [4.78, 5) is 22.7. The lowest BCUT2D eigenvalue weighted by atomic mass is 10.2. The van der Waals surface area contributed by atoms with Gasteiger partial charge in [-0.25, -0.2) is 4.79 Å². The van der Waals surface area contributed by atoms with Gasteiger partial charge in [0.25, 0.3) is 5.91 Å². The SMILES string of the molecule is CSC[C@H](NC(=O)c1cc(C)oc1C)C(=O)O. The van der Waals surface area contributed by atoms with Crippen molar-refractivity contribution in [1.29, 1.82) is 0 Å². The molecule has 1 amide bonds. The van der Waals surface area contributed by atoms with Crippen LogP contribution in [0.25, 0.3) is 0 Å². The van der Waals surface area contributed by atoms with E-state index in [0.29, 0.717) is 22.8 Å². The Balaban J connectivity index is 2.77. The van der Waals surface area contributed by atoms with Gasteiger partial charge in [-0.3, -0.25) is 4.79 Å². The molecule has 1 aromatic rings. The van der Waals surface area contributed by atoms with Crippen LogP contribution in [0.5, 0.6) is 0 Å². The smallest absolute Gasteiger partial charge is 0.327 e. The number of hydrogen-bond acceptors (Lipinski definition) is 4. The first-order valence-corrected chi connectivity index (χ1v) is 6.44. The molecule has 1 atom stereocenters. The van der Waals surface area contributed by atoms with E-state index in [4.69, 9.17) is 9.52 Å². The molecule has 0 fully saturated rings. The normalized spacial score (nSPS) is 12.2. The molecule has 0 spiro atoms. The first kappa shape index (κ1) is 13.6. The van der Waals surface area contributed by atoms with Crippen LogP contribution in [0.3, 0.4) is 0 Å². The Hall–Kier alpha value is -1.43. The van der Waals surface area contributed by atoms with Crippen molar-refractivity contribution in [2.45, 2.75) is 19.9 Å². The Kier molecular flexibility index (Phi) is 4.62. The Morgan fingerprint density at radius 1 is 1.53 bits per heavy atom. The minimum atomic E-state index is -1.04. The predicted molar refractivity (Wildman–Crippen MR) is 65.5 cm³/mol. The molecule has 0 aliphatic rings. The maximum absolute atomic E-state index is 11.8. The summed E-state index contributed by atoms with van der Waals surface area (Å²) < 4.78 is 5.22. The van der Waals surface area contributed by atoms with Gasteiger partial charge in [-0.05, 0) is 26.2 Å². The van der Waals surface area contributed by atoms with Gasteiger partial charge in [0.1, 0.15) is 17.6 Å². The molecule has 0 bridgehead atoms. The zero-order valence-electron chi connectivity index (χ0n) is 9.94. The molecule has 5 nitrogen and oxygen atoms in total. The highest BCUT2D eigenvalue weighted by molar-refractivity contribution is 7.98. The Bertz CT molecular complexity index is 427. The molecule has 6 heteroatoms. The second-order valence-corrected chi connectivity index (χ2v) is 4.56. The van der Waals surface area contributed by atoms with Crippen molar-refractivity contribution in [1.82, 2.24) is 5.32 Å². The predicted octanol–water partition coefficient (Wildman–Crippen LogP) is 1.44. The van der Waals surface area contributed by atoms with Crippen LogP contribution in [0.2, 0.25) is 0 Å². The molecule has 1 aromatic heterocycles. The minimum Gasteiger partial charge on any atom is -0.480 e. The van der Waals surface area contributed by atoms with E-state index in [-0.39, 0.29) is 0 Å². The molecule has 0 aliphatic carbocycles. The Labute approximate surface area is 104 Å². The van der Waals surface area contributed by atoms with Gasteiger partial charge in [0, 0.05) is 5.75 Å². The maximum Gasteiger partial charge on any atom is 0.327 e. The number of carboxylic acid groups (broad SMARTS) is 1. The van der Waals surface area contributed by atoms with Crippen molar-refractivity contribution in [2.24, 2.45) is 0 Å². The van der Waals surface area contributed by atoms with Crippen LogP contribution in [0.1, 0.15) is 21.9 Å². The molecule has 0 saturated carbocycles. The van der Waals surface area contributed by atoms with Crippen LogP contribution in [-0.4, -0.2) is 35.0 Å². The van der Waals surface area contributed by atoms with Gasteiger partial charge >= 0.3 is 5.97 Å². The standard InChI is InChI=1S/C11H15NO4S/c1-6-4-8(7(2)16-6)10(13)12-9(5-17-3)11(14)15/h4,9H,5H2,1-3H3,(H,12,13)(H,14,15)/t9-/m0/s1. The number of carbonyl (C=O) groups is 2. The molecule has 0 aromatic carbocycles. The molecule has 2 N–H and O–H groups in total. The van der Waals surface area contributed by atoms with Crippen molar-refractivity contribution in [3.05, 3.63) is 23.2 Å². The molecule has 0 radical (unpaired) electrons. The average molecular weight is 257 g/mol. The van der Waals surface area contributed by atoms with Gasteiger partial charge in [-0.1, -0.05) is 0 Å². The number of carboxylic acids is 1. The van der Waals surface area contributed by atoms with E-state index in [1.54, 1.807) is 26.2 Å². The first-order chi connectivity index (χ1) is 7.95. The van der Waals surface area contributed by atoms with Crippen LogP contribution >= 0.6 is 11.8 Å². The van der Waals surface area contributed by atoms with Gasteiger partial charge < -0.3 is 14.8 Å². The number of aryl methyl sites for hydroxylation is 2. The molecule has 0 saturated heterocycles. The van der Waals surface area contributed by atoms with E-state index in [0.717, 1.165) is 0 Å². The highest BCUT2D eigenvalue weighted by Gasteiger charge is 2.22. The summed E-state index contributed by atoms with van der Waals surface area (Å²) in [5, 5.41) is 11.4. The zero-order chi connectivity index (χ0) is 13.0. The number of hydrogen-bond donors (Lipinski definition) is 2. The highest BCUT2D eigenvalue weighted by Crippen LogP contribution is 2.13. The van der Waals surface area contributed by atoms with E-state index >= 15 is 0 Å². The molecular weight excluding hydrogens is 242 g/mol. The zero-order valence-corrected chi connectivity index (χ0v) is 10.8. The van der Waals surface area contributed by atoms with E-state index in [2.05, 4.69) is 5.32 Å². The number of aliphatic carboxylic acids is 1. The van der Waals surface area contributed by atoms with Gasteiger partial charge in [0.2, 0.25) is 0 Å².